The molecule has 1 fully saturated rings. The highest BCUT2D eigenvalue weighted by Gasteiger charge is 2.36. The third-order valence-corrected chi connectivity index (χ3v) is 5.18. The van der Waals surface area contributed by atoms with Crippen molar-refractivity contribution in [3.8, 4) is 0 Å². The van der Waals surface area contributed by atoms with Gasteiger partial charge in [0.25, 0.3) is 0 Å². The summed E-state index contributed by atoms with van der Waals surface area (Å²) in [6.45, 7) is 9.51. The first-order valence-corrected chi connectivity index (χ1v) is 8.93. The highest BCUT2D eigenvalue weighted by Crippen LogP contribution is 2.32. The van der Waals surface area contributed by atoms with Gasteiger partial charge in [-0.15, -0.1) is 0 Å². The number of aromatic nitrogens is 1. The number of rotatable bonds is 4. The molecule has 0 spiro atoms. The molecule has 1 aliphatic rings. The molecule has 1 saturated heterocycles. The van der Waals surface area contributed by atoms with E-state index in [-0.39, 0.29) is 18.6 Å². The van der Waals surface area contributed by atoms with Gasteiger partial charge in [0.15, 0.2) is 0 Å². The standard InChI is InChI=1S/C20H27N3O2/c1-12(2)17-9-23(10-18(17)21-14(4)25)20-16(11-24)8-15-7-5-6-13(3)19(15)22-20/h5-8,12,17-18,24H,9-11H2,1-4H3,(H,21,25)/t17-,18+/m0/s1. The van der Waals surface area contributed by atoms with Crippen molar-refractivity contribution in [3.63, 3.8) is 0 Å². The number of aliphatic hydroxyl groups is 1. The molecule has 0 unspecified atom stereocenters. The molecule has 2 N–H and O–H groups in total. The van der Waals surface area contributed by atoms with E-state index in [9.17, 15) is 9.90 Å². The van der Waals surface area contributed by atoms with Gasteiger partial charge in [0, 0.05) is 36.9 Å². The smallest absolute Gasteiger partial charge is 0.217 e. The zero-order valence-corrected chi connectivity index (χ0v) is 15.4. The van der Waals surface area contributed by atoms with Crippen LogP contribution in [0, 0.1) is 18.8 Å². The van der Waals surface area contributed by atoms with E-state index in [2.05, 4.69) is 37.1 Å². The summed E-state index contributed by atoms with van der Waals surface area (Å²) in [5.74, 6) is 1.66. The van der Waals surface area contributed by atoms with Gasteiger partial charge in [-0.25, -0.2) is 4.98 Å². The second kappa shape index (κ2) is 7.00. The van der Waals surface area contributed by atoms with E-state index in [0.29, 0.717) is 11.8 Å². The van der Waals surface area contributed by atoms with Gasteiger partial charge in [-0.3, -0.25) is 4.79 Å². The molecule has 1 aliphatic heterocycles. The van der Waals surface area contributed by atoms with Crippen LogP contribution in [0.4, 0.5) is 5.82 Å². The molecule has 1 aromatic heterocycles. The average Bonchev–Trinajstić information content (AvgIpc) is 2.97. The van der Waals surface area contributed by atoms with Gasteiger partial charge in [0.05, 0.1) is 18.2 Å². The van der Waals surface area contributed by atoms with Crippen molar-refractivity contribution >= 4 is 22.6 Å². The number of amides is 1. The van der Waals surface area contributed by atoms with E-state index in [0.717, 1.165) is 40.9 Å². The number of pyridine rings is 1. The lowest BCUT2D eigenvalue weighted by Gasteiger charge is -2.22. The Kier molecular flexibility index (Phi) is 4.95. The molecule has 1 amide bonds. The van der Waals surface area contributed by atoms with Crippen LogP contribution in [-0.4, -0.2) is 35.1 Å². The molecule has 0 aliphatic carbocycles. The fourth-order valence-corrected chi connectivity index (χ4v) is 3.86. The molecule has 2 atom stereocenters. The van der Waals surface area contributed by atoms with Gasteiger partial charge in [-0.1, -0.05) is 32.0 Å². The number of carbonyl (C=O) groups is 1. The van der Waals surface area contributed by atoms with Crippen LogP contribution in [-0.2, 0) is 11.4 Å². The zero-order valence-electron chi connectivity index (χ0n) is 15.4. The number of carbonyl (C=O) groups excluding carboxylic acids is 1. The first-order chi connectivity index (χ1) is 11.9. The minimum Gasteiger partial charge on any atom is -0.392 e. The van der Waals surface area contributed by atoms with Crippen LogP contribution < -0.4 is 10.2 Å². The van der Waals surface area contributed by atoms with Gasteiger partial charge in [-0.2, -0.15) is 0 Å². The first kappa shape index (κ1) is 17.7. The zero-order chi connectivity index (χ0) is 18.1. The van der Waals surface area contributed by atoms with Gasteiger partial charge in [-0.05, 0) is 24.5 Å². The van der Waals surface area contributed by atoms with E-state index in [1.165, 1.54) is 0 Å². The number of benzene rings is 1. The number of nitrogens with one attached hydrogen (secondary N) is 1. The van der Waals surface area contributed by atoms with Crippen LogP contribution in [0.25, 0.3) is 10.9 Å². The van der Waals surface area contributed by atoms with Crippen LogP contribution in [0.15, 0.2) is 24.3 Å². The van der Waals surface area contributed by atoms with E-state index in [1.54, 1.807) is 6.92 Å². The predicted molar refractivity (Wildman–Crippen MR) is 101 cm³/mol. The number of aliphatic hydroxyl groups excluding tert-OH is 1. The number of nitrogens with zero attached hydrogens (tertiary/aromatic N) is 2. The Morgan fingerprint density at radius 2 is 2.16 bits per heavy atom. The van der Waals surface area contributed by atoms with Gasteiger partial charge in [0.1, 0.15) is 5.82 Å². The Balaban J connectivity index is 2.00. The Hall–Kier alpha value is -2.14. The summed E-state index contributed by atoms with van der Waals surface area (Å²) in [5, 5.41) is 14.0. The number of aryl methyl sites for hydroxylation is 1. The molecular formula is C20H27N3O2. The van der Waals surface area contributed by atoms with Crippen molar-refractivity contribution in [2.75, 3.05) is 18.0 Å². The Labute approximate surface area is 149 Å². The first-order valence-electron chi connectivity index (χ1n) is 8.93. The van der Waals surface area contributed by atoms with E-state index >= 15 is 0 Å². The Morgan fingerprint density at radius 1 is 1.40 bits per heavy atom. The molecule has 0 radical (unpaired) electrons. The summed E-state index contributed by atoms with van der Waals surface area (Å²) in [6, 6.07) is 8.23. The molecule has 2 aromatic rings. The maximum absolute atomic E-state index is 11.6. The molecule has 0 saturated carbocycles. The topological polar surface area (TPSA) is 65.5 Å². The minimum absolute atomic E-state index is 0.00203. The van der Waals surface area contributed by atoms with Crippen molar-refractivity contribution in [1.82, 2.24) is 10.3 Å². The molecule has 25 heavy (non-hydrogen) atoms. The molecule has 5 heteroatoms. The summed E-state index contributed by atoms with van der Waals surface area (Å²) in [6.07, 6.45) is 0. The average molecular weight is 341 g/mol. The van der Waals surface area contributed by atoms with Crippen LogP contribution >= 0.6 is 0 Å². The third-order valence-electron chi connectivity index (χ3n) is 5.18. The van der Waals surface area contributed by atoms with Crippen molar-refractivity contribution in [3.05, 3.63) is 35.4 Å². The normalized spacial score (nSPS) is 20.5. The second-order valence-electron chi connectivity index (χ2n) is 7.40. The molecule has 134 valence electrons. The number of anilines is 1. The largest absolute Gasteiger partial charge is 0.392 e. The van der Waals surface area contributed by atoms with E-state index in [4.69, 9.17) is 4.98 Å². The molecule has 0 bridgehead atoms. The second-order valence-corrected chi connectivity index (χ2v) is 7.40. The molecule has 2 heterocycles. The summed E-state index contributed by atoms with van der Waals surface area (Å²) in [4.78, 5) is 18.7. The van der Waals surface area contributed by atoms with E-state index in [1.807, 2.05) is 18.2 Å². The van der Waals surface area contributed by atoms with Gasteiger partial charge < -0.3 is 15.3 Å². The van der Waals surface area contributed by atoms with Gasteiger partial charge >= 0.3 is 0 Å². The quantitative estimate of drug-likeness (QED) is 0.897. The fraction of sp³-hybridized carbons (Fsp3) is 0.500. The summed E-state index contributed by atoms with van der Waals surface area (Å²) < 4.78 is 0. The SMILES string of the molecule is CC(=O)N[C@@H]1CN(c2nc3c(C)cccc3cc2CO)C[C@H]1C(C)C. The number of hydrogen-bond acceptors (Lipinski definition) is 4. The van der Waals surface area contributed by atoms with Crippen molar-refractivity contribution in [1.29, 1.82) is 0 Å². The number of fused-ring (bicyclic) bond motifs is 1. The van der Waals surface area contributed by atoms with E-state index < -0.39 is 0 Å². The lowest BCUT2D eigenvalue weighted by molar-refractivity contribution is -0.119. The molecular weight excluding hydrogens is 314 g/mol. The summed E-state index contributed by atoms with van der Waals surface area (Å²) in [7, 11) is 0. The maximum atomic E-state index is 11.6. The number of hydrogen-bond donors (Lipinski definition) is 2. The van der Waals surface area contributed by atoms with Crippen molar-refractivity contribution < 1.29 is 9.90 Å². The highest BCUT2D eigenvalue weighted by atomic mass is 16.3. The highest BCUT2D eigenvalue weighted by molar-refractivity contribution is 5.84. The summed E-state index contributed by atoms with van der Waals surface area (Å²) in [5.41, 5.74) is 2.93. The summed E-state index contributed by atoms with van der Waals surface area (Å²) >= 11 is 0. The van der Waals surface area contributed by atoms with Crippen LogP contribution in [0.1, 0.15) is 31.9 Å². The molecule has 5 nitrogen and oxygen atoms in total. The van der Waals surface area contributed by atoms with Crippen LogP contribution in [0.3, 0.4) is 0 Å². The van der Waals surface area contributed by atoms with Crippen molar-refractivity contribution in [2.24, 2.45) is 11.8 Å². The number of para-hydroxylation sites is 1. The van der Waals surface area contributed by atoms with Gasteiger partial charge in [0.2, 0.25) is 5.91 Å². The minimum atomic E-state index is -0.0418. The van der Waals surface area contributed by atoms with Crippen LogP contribution in [0.2, 0.25) is 0 Å². The lowest BCUT2D eigenvalue weighted by atomic mass is 9.91. The fourth-order valence-electron chi connectivity index (χ4n) is 3.86. The molecule has 1 aromatic carbocycles. The Morgan fingerprint density at radius 3 is 2.80 bits per heavy atom. The maximum Gasteiger partial charge on any atom is 0.217 e. The monoisotopic (exact) mass is 341 g/mol. The molecule has 3 rings (SSSR count). The van der Waals surface area contributed by atoms with Crippen molar-refractivity contribution in [2.45, 2.75) is 40.3 Å². The predicted octanol–water partition coefficient (Wildman–Crippen LogP) is 2.63. The lowest BCUT2D eigenvalue weighted by Crippen LogP contribution is -2.40. The Bertz CT molecular complexity index is 788. The third kappa shape index (κ3) is 3.47. The van der Waals surface area contributed by atoms with Crippen LogP contribution in [0.5, 0.6) is 0 Å².